The summed E-state index contributed by atoms with van der Waals surface area (Å²) in [7, 11) is 1.67. The summed E-state index contributed by atoms with van der Waals surface area (Å²) in [5.41, 5.74) is 1.66. The summed E-state index contributed by atoms with van der Waals surface area (Å²) in [6, 6.07) is 8.65. The van der Waals surface area contributed by atoms with Crippen LogP contribution >= 0.6 is 11.6 Å². The van der Waals surface area contributed by atoms with Crippen molar-refractivity contribution in [2.45, 2.75) is 13.0 Å². The van der Waals surface area contributed by atoms with Crippen molar-refractivity contribution in [2.24, 2.45) is 0 Å². The number of halogens is 3. The van der Waals surface area contributed by atoms with Gasteiger partial charge in [0, 0.05) is 10.6 Å². The molecule has 0 amide bonds. The molecule has 1 unspecified atom stereocenters. The van der Waals surface area contributed by atoms with Crippen LogP contribution in [0.25, 0.3) is 0 Å². The van der Waals surface area contributed by atoms with Crippen molar-refractivity contribution in [1.82, 2.24) is 5.32 Å². The molecule has 0 spiro atoms. The highest BCUT2D eigenvalue weighted by molar-refractivity contribution is 6.31. The van der Waals surface area contributed by atoms with E-state index in [9.17, 15) is 8.78 Å². The second kappa shape index (κ2) is 5.68. The average Bonchev–Trinajstić information content (AvgIpc) is 2.37. The van der Waals surface area contributed by atoms with Crippen molar-refractivity contribution in [2.75, 3.05) is 7.05 Å². The van der Waals surface area contributed by atoms with Crippen LogP contribution in [0.1, 0.15) is 22.7 Å². The van der Waals surface area contributed by atoms with Gasteiger partial charge in [-0.1, -0.05) is 29.8 Å². The molecule has 2 aromatic rings. The standard InChI is InChI=1S/C15H14ClF2N/c1-9-8-10(6-7-11(9)16)15(19-2)14-12(17)4-3-5-13(14)18/h3-8,15,19H,1-2H3. The highest BCUT2D eigenvalue weighted by atomic mass is 35.5. The van der Waals surface area contributed by atoms with Crippen LogP contribution in [-0.4, -0.2) is 7.05 Å². The van der Waals surface area contributed by atoms with Crippen molar-refractivity contribution in [3.05, 3.63) is 69.7 Å². The van der Waals surface area contributed by atoms with Crippen molar-refractivity contribution in [3.63, 3.8) is 0 Å². The van der Waals surface area contributed by atoms with E-state index < -0.39 is 17.7 Å². The predicted molar refractivity (Wildman–Crippen MR) is 73.4 cm³/mol. The fourth-order valence-corrected chi connectivity index (χ4v) is 2.23. The van der Waals surface area contributed by atoms with Crippen LogP contribution in [0, 0.1) is 18.6 Å². The summed E-state index contributed by atoms with van der Waals surface area (Å²) in [4.78, 5) is 0. The first-order valence-electron chi connectivity index (χ1n) is 5.92. The van der Waals surface area contributed by atoms with Crippen LogP contribution in [0.3, 0.4) is 0 Å². The van der Waals surface area contributed by atoms with E-state index >= 15 is 0 Å². The van der Waals surface area contributed by atoms with Crippen molar-refractivity contribution in [3.8, 4) is 0 Å². The van der Waals surface area contributed by atoms with E-state index in [1.165, 1.54) is 18.2 Å². The lowest BCUT2D eigenvalue weighted by Gasteiger charge is -2.19. The summed E-state index contributed by atoms with van der Waals surface area (Å²) < 4.78 is 27.7. The van der Waals surface area contributed by atoms with Gasteiger partial charge in [-0.25, -0.2) is 8.78 Å². The molecule has 100 valence electrons. The molecule has 0 bridgehead atoms. The fraction of sp³-hybridized carbons (Fsp3) is 0.200. The van der Waals surface area contributed by atoms with Crippen molar-refractivity contribution < 1.29 is 8.78 Å². The second-order valence-electron chi connectivity index (χ2n) is 4.37. The zero-order chi connectivity index (χ0) is 14.0. The van der Waals surface area contributed by atoms with Gasteiger partial charge in [0.1, 0.15) is 11.6 Å². The molecule has 0 saturated heterocycles. The molecule has 0 heterocycles. The van der Waals surface area contributed by atoms with Crippen LogP contribution in [0.5, 0.6) is 0 Å². The maximum absolute atomic E-state index is 13.8. The van der Waals surface area contributed by atoms with Crippen LogP contribution in [0.15, 0.2) is 36.4 Å². The summed E-state index contributed by atoms with van der Waals surface area (Å²) in [6.07, 6.45) is 0. The molecule has 1 N–H and O–H groups in total. The molecule has 1 atom stereocenters. The number of benzene rings is 2. The first-order valence-corrected chi connectivity index (χ1v) is 6.29. The first kappa shape index (κ1) is 14.0. The predicted octanol–water partition coefficient (Wildman–Crippen LogP) is 4.24. The summed E-state index contributed by atoms with van der Waals surface area (Å²) >= 11 is 5.97. The van der Waals surface area contributed by atoms with Gasteiger partial charge < -0.3 is 5.32 Å². The number of nitrogens with one attached hydrogen (secondary N) is 1. The molecule has 0 aliphatic heterocycles. The summed E-state index contributed by atoms with van der Waals surface area (Å²) in [5.74, 6) is -1.13. The van der Waals surface area contributed by atoms with Crippen LogP contribution < -0.4 is 5.32 Å². The summed E-state index contributed by atoms with van der Waals surface area (Å²) in [6.45, 7) is 1.86. The molecular formula is C15H14ClF2N. The van der Waals surface area contributed by atoms with E-state index in [1.54, 1.807) is 19.2 Å². The van der Waals surface area contributed by atoms with E-state index in [1.807, 2.05) is 13.0 Å². The van der Waals surface area contributed by atoms with Gasteiger partial charge in [-0.05, 0) is 43.3 Å². The Hall–Kier alpha value is -1.45. The quantitative estimate of drug-likeness (QED) is 0.887. The zero-order valence-electron chi connectivity index (χ0n) is 10.7. The Morgan fingerprint density at radius 1 is 1.11 bits per heavy atom. The third-order valence-corrected chi connectivity index (χ3v) is 3.52. The van der Waals surface area contributed by atoms with Gasteiger partial charge in [0.2, 0.25) is 0 Å². The summed E-state index contributed by atoms with van der Waals surface area (Å²) in [5, 5.41) is 3.57. The van der Waals surface area contributed by atoms with E-state index in [4.69, 9.17) is 11.6 Å². The molecule has 0 saturated carbocycles. The van der Waals surface area contributed by atoms with E-state index in [2.05, 4.69) is 5.32 Å². The number of hydrogen-bond acceptors (Lipinski definition) is 1. The zero-order valence-corrected chi connectivity index (χ0v) is 11.4. The molecular weight excluding hydrogens is 268 g/mol. The van der Waals surface area contributed by atoms with Crippen LogP contribution in [0.2, 0.25) is 5.02 Å². The Balaban J connectivity index is 2.53. The number of rotatable bonds is 3. The molecule has 0 radical (unpaired) electrons. The van der Waals surface area contributed by atoms with Crippen LogP contribution in [-0.2, 0) is 0 Å². The van der Waals surface area contributed by atoms with Gasteiger partial charge in [0.15, 0.2) is 0 Å². The lowest BCUT2D eigenvalue weighted by Crippen LogP contribution is -2.20. The molecule has 0 aromatic heterocycles. The molecule has 0 aliphatic carbocycles. The van der Waals surface area contributed by atoms with Gasteiger partial charge in [0.25, 0.3) is 0 Å². The molecule has 0 fully saturated rings. The minimum atomic E-state index is -0.563. The SMILES string of the molecule is CNC(c1ccc(Cl)c(C)c1)c1c(F)cccc1F. The largest absolute Gasteiger partial charge is 0.309 e. The van der Waals surface area contributed by atoms with E-state index in [-0.39, 0.29) is 5.56 Å². The average molecular weight is 282 g/mol. The smallest absolute Gasteiger partial charge is 0.131 e. The second-order valence-corrected chi connectivity index (χ2v) is 4.77. The monoisotopic (exact) mass is 281 g/mol. The minimum Gasteiger partial charge on any atom is -0.309 e. The Morgan fingerprint density at radius 3 is 2.26 bits per heavy atom. The maximum Gasteiger partial charge on any atom is 0.131 e. The molecule has 19 heavy (non-hydrogen) atoms. The normalized spacial score (nSPS) is 12.5. The molecule has 2 aromatic carbocycles. The number of aryl methyl sites for hydroxylation is 1. The van der Waals surface area contributed by atoms with Gasteiger partial charge in [-0.15, -0.1) is 0 Å². The van der Waals surface area contributed by atoms with Gasteiger partial charge in [-0.2, -0.15) is 0 Å². The van der Waals surface area contributed by atoms with Crippen LogP contribution in [0.4, 0.5) is 8.78 Å². The third kappa shape index (κ3) is 2.77. The van der Waals surface area contributed by atoms with Gasteiger partial charge >= 0.3 is 0 Å². The molecule has 2 rings (SSSR count). The Morgan fingerprint density at radius 2 is 1.74 bits per heavy atom. The molecule has 0 aliphatic rings. The highest BCUT2D eigenvalue weighted by Gasteiger charge is 2.20. The van der Waals surface area contributed by atoms with Crippen molar-refractivity contribution in [1.29, 1.82) is 0 Å². The lowest BCUT2D eigenvalue weighted by molar-refractivity contribution is 0.522. The molecule has 1 nitrogen and oxygen atoms in total. The van der Waals surface area contributed by atoms with Gasteiger partial charge in [0.05, 0.1) is 6.04 Å². The fourth-order valence-electron chi connectivity index (χ4n) is 2.11. The lowest BCUT2D eigenvalue weighted by atomic mass is 9.96. The maximum atomic E-state index is 13.8. The van der Waals surface area contributed by atoms with Crippen molar-refractivity contribution >= 4 is 11.6 Å². The minimum absolute atomic E-state index is 0.0201. The Bertz CT molecular complexity index is 578. The Kier molecular flexibility index (Phi) is 4.17. The Labute approximate surface area is 116 Å². The third-order valence-electron chi connectivity index (χ3n) is 3.09. The highest BCUT2D eigenvalue weighted by Crippen LogP contribution is 2.28. The molecule has 4 heteroatoms. The van der Waals surface area contributed by atoms with E-state index in [0.717, 1.165) is 11.1 Å². The van der Waals surface area contributed by atoms with E-state index in [0.29, 0.717) is 5.02 Å². The topological polar surface area (TPSA) is 12.0 Å². The first-order chi connectivity index (χ1) is 9.04. The van der Waals surface area contributed by atoms with Gasteiger partial charge in [-0.3, -0.25) is 0 Å². The number of hydrogen-bond donors (Lipinski definition) is 1.